The second kappa shape index (κ2) is 6.75. The third-order valence-corrected chi connectivity index (χ3v) is 4.71. The summed E-state index contributed by atoms with van der Waals surface area (Å²) in [4.78, 5) is 19.2. The van der Waals surface area contributed by atoms with Crippen LogP contribution in [-0.4, -0.2) is 17.4 Å². The zero-order chi connectivity index (χ0) is 18.1. The van der Waals surface area contributed by atoms with E-state index in [-0.39, 0.29) is 18.1 Å². The van der Waals surface area contributed by atoms with Crippen LogP contribution in [0.3, 0.4) is 0 Å². The van der Waals surface area contributed by atoms with Crippen molar-refractivity contribution in [1.82, 2.24) is 4.98 Å². The van der Waals surface area contributed by atoms with Crippen LogP contribution >= 0.6 is 0 Å². The van der Waals surface area contributed by atoms with Crippen molar-refractivity contribution in [2.45, 2.75) is 26.2 Å². The molecule has 1 aliphatic rings. The molecule has 0 aliphatic carbocycles. The maximum atomic E-state index is 13.1. The van der Waals surface area contributed by atoms with E-state index in [1.807, 2.05) is 23.1 Å². The summed E-state index contributed by atoms with van der Waals surface area (Å²) < 4.78 is 18.8. The number of hydrogen-bond donors (Lipinski definition) is 0. The Morgan fingerprint density at radius 3 is 2.77 bits per heavy atom. The number of hydrogen-bond acceptors (Lipinski definition) is 3. The lowest BCUT2D eigenvalue weighted by molar-refractivity contribution is -0.118. The number of carbonyl (C=O) groups is 1. The molecule has 1 amide bonds. The van der Waals surface area contributed by atoms with E-state index in [1.165, 1.54) is 17.7 Å². The Labute approximate surface area is 151 Å². The van der Waals surface area contributed by atoms with Gasteiger partial charge in [0.2, 0.25) is 11.8 Å². The van der Waals surface area contributed by atoms with Crippen LogP contribution in [0.1, 0.15) is 23.4 Å². The van der Waals surface area contributed by atoms with Crippen molar-refractivity contribution >= 4 is 11.6 Å². The molecule has 0 bridgehead atoms. The van der Waals surface area contributed by atoms with E-state index < -0.39 is 0 Å². The first-order chi connectivity index (χ1) is 12.6. The second-order valence-corrected chi connectivity index (χ2v) is 6.48. The third-order valence-electron chi connectivity index (χ3n) is 4.71. The molecule has 0 saturated heterocycles. The first-order valence-corrected chi connectivity index (χ1v) is 8.72. The number of benzene rings is 2. The highest BCUT2D eigenvalue weighted by atomic mass is 19.1. The Morgan fingerprint density at radius 1 is 1.19 bits per heavy atom. The maximum absolute atomic E-state index is 13.1. The molecule has 0 fully saturated rings. The number of nitrogens with zero attached hydrogens (tertiary/aromatic N) is 2. The smallest absolute Gasteiger partial charge is 0.233 e. The summed E-state index contributed by atoms with van der Waals surface area (Å²) >= 11 is 0. The fourth-order valence-corrected chi connectivity index (χ4v) is 3.34. The Bertz CT molecular complexity index is 947. The van der Waals surface area contributed by atoms with Crippen molar-refractivity contribution in [1.29, 1.82) is 0 Å². The Morgan fingerprint density at radius 2 is 1.96 bits per heavy atom. The average molecular weight is 350 g/mol. The Kier molecular flexibility index (Phi) is 4.29. The molecule has 1 aliphatic heterocycles. The molecule has 0 radical (unpaired) electrons. The second-order valence-electron chi connectivity index (χ2n) is 6.48. The summed E-state index contributed by atoms with van der Waals surface area (Å²) in [6.45, 7) is 2.52. The van der Waals surface area contributed by atoms with Gasteiger partial charge in [-0.15, -0.1) is 0 Å². The highest BCUT2D eigenvalue weighted by Gasteiger charge is 2.24. The third kappa shape index (κ3) is 3.12. The van der Waals surface area contributed by atoms with Gasteiger partial charge in [0.25, 0.3) is 0 Å². The van der Waals surface area contributed by atoms with E-state index in [2.05, 4.69) is 11.1 Å². The summed E-state index contributed by atoms with van der Waals surface area (Å²) in [7, 11) is 0. The lowest BCUT2D eigenvalue weighted by atomic mass is 10.0. The molecule has 26 heavy (non-hydrogen) atoms. The number of carbonyl (C=O) groups excluding carboxylic acids is 1. The minimum atomic E-state index is -0.309. The summed E-state index contributed by atoms with van der Waals surface area (Å²) in [6.07, 6.45) is 2.14. The normalized spacial score (nSPS) is 13.5. The molecule has 0 spiro atoms. The Hall–Kier alpha value is -2.95. The number of aromatic nitrogens is 1. The van der Waals surface area contributed by atoms with E-state index in [0.29, 0.717) is 22.9 Å². The molecule has 0 N–H and O–H groups in total. The number of halogens is 1. The molecule has 4 nitrogen and oxygen atoms in total. The van der Waals surface area contributed by atoms with Crippen LogP contribution in [0.5, 0.6) is 0 Å². The molecule has 1 aromatic heterocycles. The molecular formula is C21H19FN2O2. The number of para-hydroxylation sites is 1. The van der Waals surface area contributed by atoms with E-state index in [0.717, 1.165) is 25.1 Å². The van der Waals surface area contributed by atoms with Gasteiger partial charge in [0, 0.05) is 17.8 Å². The number of fused-ring (bicyclic) bond motifs is 1. The van der Waals surface area contributed by atoms with Gasteiger partial charge in [0.15, 0.2) is 0 Å². The van der Waals surface area contributed by atoms with Crippen molar-refractivity contribution in [2.24, 2.45) is 0 Å². The van der Waals surface area contributed by atoms with Gasteiger partial charge in [0.1, 0.15) is 11.6 Å². The molecule has 2 heterocycles. The van der Waals surface area contributed by atoms with Gasteiger partial charge in [-0.05, 0) is 55.7 Å². The van der Waals surface area contributed by atoms with Crippen molar-refractivity contribution in [3.8, 4) is 11.5 Å². The average Bonchev–Trinajstić information content (AvgIpc) is 3.02. The van der Waals surface area contributed by atoms with E-state index in [9.17, 15) is 9.18 Å². The monoisotopic (exact) mass is 350 g/mol. The van der Waals surface area contributed by atoms with E-state index in [4.69, 9.17) is 4.42 Å². The Balaban J connectivity index is 1.56. The summed E-state index contributed by atoms with van der Waals surface area (Å²) in [6, 6.07) is 14.0. The van der Waals surface area contributed by atoms with Gasteiger partial charge in [-0.2, -0.15) is 0 Å². The fraction of sp³-hybridized carbons (Fsp3) is 0.238. The fourth-order valence-electron chi connectivity index (χ4n) is 3.34. The van der Waals surface area contributed by atoms with Crippen LogP contribution < -0.4 is 4.90 Å². The summed E-state index contributed by atoms with van der Waals surface area (Å²) in [5, 5.41) is 0. The van der Waals surface area contributed by atoms with Crippen molar-refractivity contribution < 1.29 is 13.6 Å². The quantitative estimate of drug-likeness (QED) is 0.707. The van der Waals surface area contributed by atoms with Gasteiger partial charge >= 0.3 is 0 Å². The summed E-state index contributed by atoms with van der Waals surface area (Å²) in [5.41, 5.74) is 3.51. The minimum Gasteiger partial charge on any atom is -0.441 e. The van der Waals surface area contributed by atoms with Crippen LogP contribution in [0.15, 0.2) is 52.9 Å². The zero-order valence-electron chi connectivity index (χ0n) is 14.5. The van der Waals surface area contributed by atoms with Crippen molar-refractivity contribution in [3.63, 3.8) is 0 Å². The molecule has 4 rings (SSSR count). The molecule has 2 aromatic carbocycles. The van der Waals surface area contributed by atoms with Crippen LogP contribution in [0, 0.1) is 12.7 Å². The lowest BCUT2D eigenvalue weighted by Gasteiger charge is -2.29. The SMILES string of the molecule is Cc1oc(-c2ccc(F)cc2)nc1CC(=O)N1CCCc2ccccc21. The number of aryl methyl sites for hydroxylation is 2. The van der Waals surface area contributed by atoms with Gasteiger partial charge in [0.05, 0.1) is 12.1 Å². The molecular weight excluding hydrogens is 331 g/mol. The first kappa shape index (κ1) is 16.5. The van der Waals surface area contributed by atoms with Gasteiger partial charge in [-0.25, -0.2) is 9.37 Å². The topological polar surface area (TPSA) is 46.3 Å². The zero-order valence-corrected chi connectivity index (χ0v) is 14.5. The first-order valence-electron chi connectivity index (χ1n) is 8.72. The number of amides is 1. The molecule has 0 unspecified atom stereocenters. The molecule has 5 heteroatoms. The van der Waals surface area contributed by atoms with Crippen molar-refractivity contribution in [3.05, 3.63) is 71.4 Å². The van der Waals surface area contributed by atoms with Crippen LogP contribution in [0.2, 0.25) is 0 Å². The number of rotatable bonds is 3. The van der Waals surface area contributed by atoms with Gasteiger partial charge < -0.3 is 9.32 Å². The van der Waals surface area contributed by atoms with Crippen molar-refractivity contribution in [2.75, 3.05) is 11.4 Å². The van der Waals surface area contributed by atoms with Crippen LogP contribution in [0.25, 0.3) is 11.5 Å². The van der Waals surface area contributed by atoms with Gasteiger partial charge in [-0.1, -0.05) is 18.2 Å². The molecule has 3 aromatic rings. The number of anilines is 1. The minimum absolute atomic E-state index is 0.0132. The highest BCUT2D eigenvalue weighted by Crippen LogP contribution is 2.28. The highest BCUT2D eigenvalue weighted by molar-refractivity contribution is 5.95. The predicted octanol–water partition coefficient (Wildman–Crippen LogP) is 4.31. The lowest BCUT2D eigenvalue weighted by Crippen LogP contribution is -2.36. The largest absolute Gasteiger partial charge is 0.441 e. The van der Waals surface area contributed by atoms with Crippen LogP contribution in [0.4, 0.5) is 10.1 Å². The molecule has 0 saturated carbocycles. The van der Waals surface area contributed by atoms with Crippen LogP contribution in [-0.2, 0) is 17.6 Å². The van der Waals surface area contributed by atoms with Gasteiger partial charge in [-0.3, -0.25) is 4.79 Å². The van der Waals surface area contributed by atoms with E-state index >= 15 is 0 Å². The molecule has 132 valence electrons. The maximum Gasteiger partial charge on any atom is 0.233 e. The summed E-state index contributed by atoms with van der Waals surface area (Å²) in [5.74, 6) is 0.725. The van der Waals surface area contributed by atoms with E-state index in [1.54, 1.807) is 19.1 Å². The molecule has 0 atom stereocenters. The predicted molar refractivity (Wildman–Crippen MR) is 97.5 cm³/mol. The standard InChI is InChI=1S/C21H19FN2O2/c1-14-18(23-21(26-14)16-8-10-17(22)11-9-16)13-20(25)24-12-4-6-15-5-2-3-7-19(15)24/h2-3,5,7-11H,4,6,12-13H2,1H3. The number of oxazole rings is 1.